The highest BCUT2D eigenvalue weighted by Crippen LogP contribution is 2.46. The van der Waals surface area contributed by atoms with Gasteiger partial charge in [0.15, 0.2) is 5.76 Å². The number of carbonyl (C=O) groups is 1. The van der Waals surface area contributed by atoms with E-state index in [-0.39, 0.29) is 28.2 Å². The molecule has 1 aromatic heterocycles. The molecule has 1 aliphatic rings. The molecule has 186 valence electrons. The van der Waals surface area contributed by atoms with Crippen LogP contribution in [0, 0.1) is 6.92 Å². The molecule has 5 nitrogen and oxygen atoms in total. The topological polar surface area (TPSA) is 82.7 Å². The van der Waals surface area contributed by atoms with Gasteiger partial charge in [0, 0.05) is 6.42 Å². The number of phenols is 1. The third-order valence-electron chi connectivity index (χ3n) is 7.63. The maximum Gasteiger partial charge on any atom is 0.287 e. The van der Waals surface area contributed by atoms with Crippen molar-refractivity contribution < 1.29 is 19.4 Å². The van der Waals surface area contributed by atoms with Gasteiger partial charge in [0.1, 0.15) is 11.5 Å². The zero-order valence-electron chi connectivity index (χ0n) is 21.6. The minimum atomic E-state index is -0.903. The zero-order valence-corrected chi connectivity index (χ0v) is 21.6. The third-order valence-corrected chi connectivity index (χ3v) is 7.63. The van der Waals surface area contributed by atoms with E-state index in [9.17, 15) is 15.0 Å². The van der Waals surface area contributed by atoms with Gasteiger partial charge in [-0.2, -0.15) is 0 Å². The lowest BCUT2D eigenvalue weighted by Gasteiger charge is -2.42. The molecule has 3 N–H and O–H groups in total. The van der Waals surface area contributed by atoms with Crippen LogP contribution < -0.4 is 5.32 Å². The van der Waals surface area contributed by atoms with Crippen molar-refractivity contribution in [3.05, 3.63) is 87.9 Å². The number of aromatic hydroxyl groups is 1. The fourth-order valence-electron chi connectivity index (χ4n) is 5.06. The summed E-state index contributed by atoms with van der Waals surface area (Å²) >= 11 is 0. The molecule has 4 rings (SSSR count). The number of amides is 1. The maximum atomic E-state index is 12.8. The monoisotopic (exact) mass is 475 g/mol. The van der Waals surface area contributed by atoms with Crippen molar-refractivity contribution in [2.45, 2.75) is 83.8 Å². The SMILES string of the molecule is Cc1cc2c(cc1Cc1ccc(C(=O)N[C@H](C)[C@H](O)c3ccc(O)cc3)o1)C(C)(C)CCC2(C)C. The number of furan rings is 1. The van der Waals surface area contributed by atoms with Crippen LogP contribution in [0.15, 0.2) is 52.9 Å². The van der Waals surface area contributed by atoms with Gasteiger partial charge in [-0.25, -0.2) is 0 Å². The van der Waals surface area contributed by atoms with Crippen LogP contribution in [0.1, 0.15) is 97.7 Å². The Hall–Kier alpha value is -3.05. The molecule has 1 amide bonds. The molecule has 0 spiro atoms. The molecular formula is C30H37NO4. The molecule has 35 heavy (non-hydrogen) atoms. The molecule has 0 fully saturated rings. The number of hydrogen-bond donors (Lipinski definition) is 3. The predicted octanol–water partition coefficient (Wildman–Crippen LogP) is 6.09. The van der Waals surface area contributed by atoms with E-state index < -0.39 is 12.1 Å². The van der Waals surface area contributed by atoms with E-state index >= 15 is 0 Å². The molecule has 0 unspecified atom stereocenters. The van der Waals surface area contributed by atoms with E-state index in [1.165, 1.54) is 40.8 Å². The van der Waals surface area contributed by atoms with Crippen LogP contribution in [0.5, 0.6) is 5.75 Å². The third kappa shape index (κ3) is 5.15. The summed E-state index contributed by atoms with van der Waals surface area (Å²) < 4.78 is 5.92. The largest absolute Gasteiger partial charge is 0.508 e. The van der Waals surface area contributed by atoms with Crippen LogP contribution in [0.2, 0.25) is 0 Å². The second-order valence-corrected chi connectivity index (χ2v) is 11.3. The van der Waals surface area contributed by atoms with Crippen molar-refractivity contribution in [3.63, 3.8) is 0 Å². The first kappa shape index (κ1) is 25.1. The first-order valence-corrected chi connectivity index (χ1v) is 12.4. The summed E-state index contributed by atoms with van der Waals surface area (Å²) in [5, 5.41) is 22.8. The van der Waals surface area contributed by atoms with Gasteiger partial charge in [0.2, 0.25) is 0 Å². The lowest BCUT2D eigenvalue weighted by atomic mass is 9.62. The van der Waals surface area contributed by atoms with Crippen molar-refractivity contribution in [2.75, 3.05) is 0 Å². The number of aliphatic hydroxyl groups excluding tert-OH is 1. The van der Waals surface area contributed by atoms with Gasteiger partial charge in [-0.1, -0.05) is 52.0 Å². The molecule has 1 heterocycles. The Morgan fingerprint density at radius 2 is 1.60 bits per heavy atom. The Balaban J connectivity index is 1.48. The number of fused-ring (bicyclic) bond motifs is 1. The lowest BCUT2D eigenvalue weighted by Crippen LogP contribution is -2.36. The summed E-state index contributed by atoms with van der Waals surface area (Å²) in [5.41, 5.74) is 6.23. The number of aliphatic hydroxyl groups is 1. The summed E-state index contributed by atoms with van der Waals surface area (Å²) in [4.78, 5) is 12.8. The summed E-state index contributed by atoms with van der Waals surface area (Å²) in [6, 6.07) is 14.0. The van der Waals surface area contributed by atoms with Crippen LogP contribution in [-0.2, 0) is 17.3 Å². The lowest BCUT2D eigenvalue weighted by molar-refractivity contribution is 0.0824. The van der Waals surface area contributed by atoms with Crippen LogP contribution in [0.4, 0.5) is 0 Å². The number of benzene rings is 2. The molecule has 2 atom stereocenters. The summed E-state index contributed by atoms with van der Waals surface area (Å²) in [5.74, 6) is 0.716. The fourth-order valence-corrected chi connectivity index (χ4v) is 5.06. The summed E-state index contributed by atoms with van der Waals surface area (Å²) in [7, 11) is 0. The Morgan fingerprint density at radius 1 is 1.00 bits per heavy atom. The quantitative estimate of drug-likeness (QED) is 0.403. The van der Waals surface area contributed by atoms with Crippen molar-refractivity contribution in [1.82, 2.24) is 5.32 Å². The van der Waals surface area contributed by atoms with Crippen LogP contribution in [0.25, 0.3) is 0 Å². The minimum Gasteiger partial charge on any atom is -0.508 e. The Kier molecular flexibility index (Phi) is 6.58. The van der Waals surface area contributed by atoms with Crippen LogP contribution in [-0.4, -0.2) is 22.2 Å². The Bertz CT molecular complexity index is 1220. The number of phenolic OH excluding ortho intramolecular Hbond substituents is 1. The smallest absolute Gasteiger partial charge is 0.287 e. The average Bonchev–Trinajstić information content (AvgIpc) is 3.27. The second kappa shape index (κ2) is 9.19. The number of rotatable bonds is 6. The highest BCUT2D eigenvalue weighted by atomic mass is 16.4. The van der Waals surface area contributed by atoms with Gasteiger partial charge < -0.3 is 19.9 Å². The van der Waals surface area contributed by atoms with Crippen molar-refractivity contribution in [3.8, 4) is 5.75 Å². The normalized spacial score (nSPS) is 17.9. The predicted molar refractivity (Wildman–Crippen MR) is 138 cm³/mol. The number of aryl methyl sites for hydroxylation is 1. The fraction of sp³-hybridized carbons (Fsp3) is 0.433. The Labute approximate surface area is 208 Å². The second-order valence-electron chi connectivity index (χ2n) is 11.3. The van der Waals surface area contributed by atoms with E-state index in [0.717, 1.165) is 12.2 Å². The number of carbonyl (C=O) groups excluding carboxylic acids is 1. The maximum absolute atomic E-state index is 12.8. The number of hydrogen-bond acceptors (Lipinski definition) is 4. The molecule has 1 aliphatic carbocycles. The summed E-state index contributed by atoms with van der Waals surface area (Å²) in [6.45, 7) is 13.2. The highest BCUT2D eigenvalue weighted by Gasteiger charge is 2.37. The van der Waals surface area contributed by atoms with Crippen molar-refractivity contribution >= 4 is 5.91 Å². The molecule has 0 bridgehead atoms. The van der Waals surface area contributed by atoms with Gasteiger partial charge in [0.05, 0.1) is 12.1 Å². The van der Waals surface area contributed by atoms with Crippen LogP contribution >= 0.6 is 0 Å². The molecule has 0 saturated carbocycles. The van der Waals surface area contributed by atoms with Gasteiger partial charge in [-0.05, 0) is 89.6 Å². The van der Waals surface area contributed by atoms with E-state index in [1.54, 1.807) is 25.1 Å². The highest BCUT2D eigenvalue weighted by molar-refractivity contribution is 5.91. The van der Waals surface area contributed by atoms with E-state index in [2.05, 4.69) is 52.1 Å². The van der Waals surface area contributed by atoms with Gasteiger partial charge in [-0.3, -0.25) is 4.79 Å². The molecular weight excluding hydrogens is 438 g/mol. The first-order chi connectivity index (χ1) is 16.4. The van der Waals surface area contributed by atoms with Gasteiger partial charge in [0.25, 0.3) is 5.91 Å². The van der Waals surface area contributed by atoms with Crippen molar-refractivity contribution in [2.24, 2.45) is 0 Å². The summed E-state index contributed by atoms with van der Waals surface area (Å²) in [6.07, 6.45) is 2.06. The van der Waals surface area contributed by atoms with Gasteiger partial charge in [-0.15, -0.1) is 0 Å². The van der Waals surface area contributed by atoms with Crippen LogP contribution in [0.3, 0.4) is 0 Å². The first-order valence-electron chi connectivity index (χ1n) is 12.4. The molecule has 0 saturated heterocycles. The zero-order chi connectivity index (χ0) is 25.5. The molecule has 0 aliphatic heterocycles. The molecule has 5 heteroatoms. The minimum absolute atomic E-state index is 0.127. The van der Waals surface area contributed by atoms with Gasteiger partial charge >= 0.3 is 0 Å². The Morgan fingerprint density at radius 3 is 2.23 bits per heavy atom. The molecule has 3 aromatic rings. The number of nitrogens with one attached hydrogen (secondary N) is 1. The van der Waals surface area contributed by atoms with E-state index in [0.29, 0.717) is 12.0 Å². The molecule has 2 aromatic carbocycles. The van der Waals surface area contributed by atoms with E-state index in [4.69, 9.17) is 4.42 Å². The standard InChI is InChI=1S/C30H37NO4/c1-18-15-24-25(30(5,6)14-13-29(24,3)4)17-21(18)16-23-11-12-26(35-23)28(34)31-19(2)27(33)20-7-9-22(32)10-8-20/h7-12,15,17,19,27,32-33H,13-14,16H2,1-6H3,(H,31,34)/t19-,27+/m1/s1. The van der Waals surface area contributed by atoms with Crippen molar-refractivity contribution in [1.29, 1.82) is 0 Å². The van der Waals surface area contributed by atoms with E-state index in [1.807, 2.05) is 6.07 Å². The average molecular weight is 476 g/mol. The molecule has 0 radical (unpaired) electrons.